The van der Waals surface area contributed by atoms with E-state index in [1.54, 1.807) is 6.20 Å². The molecule has 0 N–H and O–H groups in total. The number of aryl methyl sites for hydroxylation is 2. The summed E-state index contributed by atoms with van der Waals surface area (Å²) in [6.07, 6.45) is 1.63. The Labute approximate surface area is 101 Å². The van der Waals surface area contributed by atoms with Crippen LogP contribution in [0.25, 0.3) is 11.3 Å². The average molecular weight is 226 g/mol. The second-order valence-corrected chi connectivity index (χ2v) is 4.14. The summed E-state index contributed by atoms with van der Waals surface area (Å²) in [5.74, 6) is 0.153. The van der Waals surface area contributed by atoms with E-state index in [0.717, 1.165) is 16.8 Å². The van der Waals surface area contributed by atoms with Crippen molar-refractivity contribution in [2.45, 2.75) is 20.8 Å². The average Bonchev–Trinajstić information content (AvgIpc) is 2.32. The Balaban J connectivity index is 2.56. The minimum Gasteiger partial charge on any atom is -0.291 e. The van der Waals surface area contributed by atoms with Gasteiger partial charge in [-0.1, -0.05) is 17.7 Å². The Hall–Kier alpha value is -2.03. The number of nitrogens with zero attached hydrogens (tertiary/aromatic N) is 2. The molecule has 1 aromatic heterocycles. The standard InChI is InChI=1S/C14H14N2O/c1-9-4-5-10(2)12(8-9)13-6-7-15-14(16-13)11(3)17/h4-8H,1-3H3. The number of Topliss-reactive ketones (excluding diaryl/α,β-unsaturated/α-hetero) is 1. The van der Waals surface area contributed by atoms with Crippen molar-refractivity contribution >= 4 is 5.78 Å². The lowest BCUT2D eigenvalue weighted by Gasteiger charge is -2.06. The van der Waals surface area contributed by atoms with Crippen molar-refractivity contribution in [1.82, 2.24) is 9.97 Å². The van der Waals surface area contributed by atoms with Gasteiger partial charge in [0.2, 0.25) is 0 Å². The number of aromatic nitrogens is 2. The summed E-state index contributed by atoms with van der Waals surface area (Å²) in [6, 6.07) is 8.02. The monoisotopic (exact) mass is 226 g/mol. The number of hydrogen-bond donors (Lipinski definition) is 0. The van der Waals surface area contributed by atoms with Crippen molar-refractivity contribution in [3.05, 3.63) is 47.4 Å². The van der Waals surface area contributed by atoms with Gasteiger partial charge in [-0.25, -0.2) is 9.97 Å². The topological polar surface area (TPSA) is 42.9 Å². The molecule has 0 radical (unpaired) electrons. The third-order valence-corrected chi connectivity index (χ3v) is 2.64. The molecule has 3 heteroatoms. The van der Waals surface area contributed by atoms with Crippen LogP contribution in [0.2, 0.25) is 0 Å². The number of carbonyl (C=O) groups excluding carboxylic acids is 1. The van der Waals surface area contributed by atoms with E-state index in [-0.39, 0.29) is 11.6 Å². The molecule has 0 aliphatic heterocycles. The second-order valence-electron chi connectivity index (χ2n) is 4.14. The third kappa shape index (κ3) is 2.38. The molecule has 0 saturated heterocycles. The predicted molar refractivity (Wildman–Crippen MR) is 66.9 cm³/mol. The Morgan fingerprint density at radius 1 is 1.18 bits per heavy atom. The van der Waals surface area contributed by atoms with E-state index in [0.29, 0.717) is 0 Å². The molecule has 0 unspecified atom stereocenters. The molecule has 3 nitrogen and oxygen atoms in total. The van der Waals surface area contributed by atoms with Crippen molar-refractivity contribution in [3.8, 4) is 11.3 Å². The van der Waals surface area contributed by atoms with Gasteiger partial charge in [0.05, 0.1) is 5.69 Å². The molecule has 0 bridgehead atoms. The number of hydrogen-bond acceptors (Lipinski definition) is 3. The van der Waals surface area contributed by atoms with Crippen LogP contribution in [0.1, 0.15) is 28.7 Å². The maximum atomic E-state index is 11.3. The molecule has 0 aliphatic rings. The SMILES string of the molecule is CC(=O)c1nccc(-c2cc(C)ccc2C)n1. The van der Waals surface area contributed by atoms with Crippen LogP contribution >= 0.6 is 0 Å². The van der Waals surface area contributed by atoms with Crippen LogP contribution in [0.4, 0.5) is 0 Å². The number of carbonyl (C=O) groups is 1. The van der Waals surface area contributed by atoms with Crippen LogP contribution in [0, 0.1) is 13.8 Å². The fourth-order valence-corrected chi connectivity index (χ4v) is 1.69. The molecule has 2 rings (SSSR count). The molecule has 0 saturated carbocycles. The largest absolute Gasteiger partial charge is 0.291 e. The molecular weight excluding hydrogens is 212 g/mol. The highest BCUT2D eigenvalue weighted by Crippen LogP contribution is 2.22. The highest BCUT2D eigenvalue weighted by Gasteiger charge is 2.07. The number of rotatable bonds is 2. The fraction of sp³-hybridized carbons (Fsp3) is 0.214. The highest BCUT2D eigenvalue weighted by atomic mass is 16.1. The number of ketones is 1. The van der Waals surface area contributed by atoms with Crippen molar-refractivity contribution < 1.29 is 4.79 Å². The molecule has 0 amide bonds. The summed E-state index contributed by atoms with van der Waals surface area (Å²) in [4.78, 5) is 19.5. The zero-order valence-electron chi connectivity index (χ0n) is 10.2. The quantitative estimate of drug-likeness (QED) is 0.739. The van der Waals surface area contributed by atoms with Gasteiger partial charge in [0, 0.05) is 18.7 Å². The smallest absolute Gasteiger partial charge is 0.196 e. The number of benzene rings is 1. The normalized spacial score (nSPS) is 10.3. The lowest BCUT2D eigenvalue weighted by atomic mass is 10.0. The molecule has 17 heavy (non-hydrogen) atoms. The van der Waals surface area contributed by atoms with E-state index in [9.17, 15) is 4.79 Å². The van der Waals surface area contributed by atoms with Crippen molar-refractivity contribution in [3.63, 3.8) is 0 Å². The van der Waals surface area contributed by atoms with Gasteiger partial charge in [-0.3, -0.25) is 4.79 Å². The van der Waals surface area contributed by atoms with Crippen LogP contribution in [0.15, 0.2) is 30.5 Å². The maximum Gasteiger partial charge on any atom is 0.196 e. The molecule has 0 atom stereocenters. The molecule has 2 aromatic rings. The van der Waals surface area contributed by atoms with E-state index in [4.69, 9.17) is 0 Å². The van der Waals surface area contributed by atoms with Gasteiger partial charge >= 0.3 is 0 Å². The lowest BCUT2D eigenvalue weighted by Crippen LogP contribution is -2.01. The summed E-state index contributed by atoms with van der Waals surface area (Å²) >= 11 is 0. The molecular formula is C14H14N2O. The first-order valence-corrected chi connectivity index (χ1v) is 5.49. The predicted octanol–water partition coefficient (Wildman–Crippen LogP) is 2.96. The van der Waals surface area contributed by atoms with E-state index in [1.807, 2.05) is 19.9 Å². The van der Waals surface area contributed by atoms with Gasteiger partial charge in [0.15, 0.2) is 11.6 Å². The fourth-order valence-electron chi connectivity index (χ4n) is 1.69. The Morgan fingerprint density at radius 2 is 1.94 bits per heavy atom. The zero-order valence-corrected chi connectivity index (χ0v) is 10.2. The lowest BCUT2D eigenvalue weighted by molar-refractivity contribution is 0.100. The van der Waals surface area contributed by atoms with Gasteiger partial charge in [-0.15, -0.1) is 0 Å². The Kier molecular flexibility index (Phi) is 3.00. The zero-order chi connectivity index (χ0) is 12.4. The summed E-state index contributed by atoms with van der Waals surface area (Å²) < 4.78 is 0. The minimum atomic E-state index is -0.114. The van der Waals surface area contributed by atoms with E-state index in [2.05, 4.69) is 28.2 Å². The van der Waals surface area contributed by atoms with Crippen LogP contribution in [0.3, 0.4) is 0 Å². The summed E-state index contributed by atoms with van der Waals surface area (Å²) in [5, 5.41) is 0. The summed E-state index contributed by atoms with van der Waals surface area (Å²) in [7, 11) is 0. The van der Waals surface area contributed by atoms with Gasteiger partial charge in [-0.2, -0.15) is 0 Å². The first-order valence-electron chi connectivity index (χ1n) is 5.49. The molecule has 1 aromatic carbocycles. The minimum absolute atomic E-state index is 0.114. The van der Waals surface area contributed by atoms with Crippen LogP contribution in [-0.2, 0) is 0 Å². The van der Waals surface area contributed by atoms with Gasteiger partial charge in [0.25, 0.3) is 0 Å². The van der Waals surface area contributed by atoms with E-state index < -0.39 is 0 Å². The highest BCUT2D eigenvalue weighted by molar-refractivity contribution is 5.90. The summed E-state index contributed by atoms with van der Waals surface area (Å²) in [6.45, 7) is 5.54. The summed E-state index contributed by atoms with van der Waals surface area (Å²) in [5.41, 5.74) is 4.17. The van der Waals surface area contributed by atoms with Gasteiger partial charge < -0.3 is 0 Å². The van der Waals surface area contributed by atoms with E-state index >= 15 is 0 Å². The molecule has 0 spiro atoms. The third-order valence-electron chi connectivity index (χ3n) is 2.64. The molecule has 0 fully saturated rings. The van der Waals surface area contributed by atoms with E-state index in [1.165, 1.54) is 12.5 Å². The Bertz CT molecular complexity index is 576. The first kappa shape index (κ1) is 11.5. The van der Waals surface area contributed by atoms with Crippen LogP contribution < -0.4 is 0 Å². The maximum absolute atomic E-state index is 11.3. The molecule has 86 valence electrons. The second kappa shape index (κ2) is 4.45. The van der Waals surface area contributed by atoms with Crippen molar-refractivity contribution in [2.75, 3.05) is 0 Å². The first-order chi connectivity index (χ1) is 8.08. The van der Waals surface area contributed by atoms with Crippen LogP contribution in [0.5, 0.6) is 0 Å². The molecule has 1 heterocycles. The van der Waals surface area contributed by atoms with Crippen LogP contribution in [-0.4, -0.2) is 15.8 Å². The Morgan fingerprint density at radius 3 is 2.65 bits per heavy atom. The van der Waals surface area contributed by atoms with Crippen molar-refractivity contribution in [1.29, 1.82) is 0 Å². The van der Waals surface area contributed by atoms with Gasteiger partial charge in [-0.05, 0) is 31.5 Å². The van der Waals surface area contributed by atoms with Crippen molar-refractivity contribution in [2.24, 2.45) is 0 Å². The molecule has 0 aliphatic carbocycles. The van der Waals surface area contributed by atoms with Gasteiger partial charge in [0.1, 0.15) is 0 Å².